The summed E-state index contributed by atoms with van der Waals surface area (Å²) in [6, 6.07) is 3.97. The van der Waals surface area contributed by atoms with E-state index in [1.165, 1.54) is 0 Å². The first-order chi connectivity index (χ1) is 8.34. The summed E-state index contributed by atoms with van der Waals surface area (Å²) in [4.78, 5) is 12.0. The molecule has 0 radical (unpaired) electrons. The lowest BCUT2D eigenvalue weighted by molar-refractivity contribution is -0.148. The van der Waals surface area contributed by atoms with Crippen molar-refractivity contribution in [2.24, 2.45) is 0 Å². The van der Waals surface area contributed by atoms with Gasteiger partial charge in [-0.25, -0.2) is 0 Å². The number of methoxy groups -OCH3 is 1. The van der Waals surface area contributed by atoms with Gasteiger partial charge in [0.1, 0.15) is 5.75 Å². The SMILES string of the molecule is CCOC(=O)C(C)(C)c1cc(C)c(OC)cc1C. The van der Waals surface area contributed by atoms with E-state index in [1.54, 1.807) is 7.11 Å². The predicted octanol–water partition coefficient (Wildman–Crippen LogP) is 3.15. The second-order valence-electron chi connectivity index (χ2n) is 4.98. The first-order valence-electron chi connectivity index (χ1n) is 6.17. The van der Waals surface area contributed by atoms with Crippen molar-refractivity contribution in [1.82, 2.24) is 0 Å². The number of hydrogen-bond donors (Lipinski definition) is 0. The van der Waals surface area contributed by atoms with E-state index in [-0.39, 0.29) is 5.97 Å². The molecule has 100 valence electrons. The van der Waals surface area contributed by atoms with Crippen molar-refractivity contribution in [2.75, 3.05) is 13.7 Å². The Morgan fingerprint density at radius 1 is 1.22 bits per heavy atom. The molecule has 0 aromatic heterocycles. The average Bonchev–Trinajstić information content (AvgIpc) is 2.31. The summed E-state index contributed by atoms with van der Waals surface area (Å²) < 4.78 is 10.4. The van der Waals surface area contributed by atoms with Gasteiger partial charge in [0.15, 0.2) is 0 Å². The fourth-order valence-corrected chi connectivity index (χ4v) is 2.10. The number of ether oxygens (including phenoxy) is 2. The molecule has 0 N–H and O–H groups in total. The zero-order valence-corrected chi connectivity index (χ0v) is 12.1. The Bertz CT molecular complexity index is 447. The molecule has 0 atom stereocenters. The van der Waals surface area contributed by atoms with Crippen LogP contribution in [0.5, 0.6) is 5.75 Å². The van der Waals surface area contributed by atoms with E-state index in [4.69, 9.17) is 9.47 Å². The lowest BCUT2D eigenvalue weighted by Crippen LogP contribution is -2.32. The standard InChI is InChI=1S/C15H22O3/c1-7-18-14(16)15(4,5)12-8-11(3)13(17-6)9-10(12)2/h8-9H,7H2,1-6H3. The van der Waals surface area contributed by atoms with Gasteiger partial charge in [0.25, 0.3) is 0 Å². The number of carbonyl (C=O) groups excluding carboxylic acids is 1. The molecule has 0 unspecified atom stereocenters. The largest absolute Gasteiger partial charge is 0.496 e. The molecular formula is C15H22O3. The van der Waals surface area contributed by atoms with Crippen LogP contribution in [0.1, 0.15) is 37.5 Å². The van der Waals surface area contributed by atoms with Gasteiger partial charge in [0.2, 0.25) is 0 Å². The molecule has 18 heavy (non-hydrogen) atoms. The van der Waals surface area contributed by atoms with Gasteiger partial charge >= 0.3 is 5.97 Å². The summed E-state index contributed by atoms with van der Waals surface area (Å²) in [5.74, 6) is 0.647. The van der Waals surface area contributed by atoms with Crippen LogP contribution >= 0.6 is 0 Å². The van der Waals surface area contributed by atoms with E-state index in [2.05, 4.69) is 0 Å². The first-order valence-corrected chi connectivity index (χ1v) is 6.17. The molecule has 0 bridgehead atoms. The zero-order chi connectivity index (χ0) is 13.9. The van der Waals surface area contributed by atoms with E-state index >= 15 is 0 Å². The van der Waals surface area contributed by atoms with Crippen LogP contribution in [0.3, 0.4) is 0 Å². The van der Waals surface area contributed by atoms with Gasteiger partial charge in [-0.15, -0.1) is 0 Å². The predicted molar refractivity (Wildman–Crippen MR) is 72.1 cm³/mol. The molecule has 0 aliphatic carbocycles. The second-order valence-corrected chi connectivity index (χ2v) is 4.98. The highest BCUT2D eigenvalue weighted by atomic mass is 16.5. The molecule has 0 heterocycles. The third kappa shape index (κ3) is 2.66. The number of hydrogen-bond acceptors (Lipinski definition) is 3. The summed E-state index contributed by atoms with van der Waals surface area (Å²) in [5.41, 5.74) is 2.40. The topological polar surface area (TPSA) is 35.5 Å². The Labute approximate surface area is 109 Å². The monoisotopic (exact) mass is 250 g/mol. The van der Waals surface area contributed by atoms with Crippen LogP contribution in [0.15, 0.2) is 12.1 Å². The maximum absolute atomic E-state index is 12.0. The molecule has 3 nitrogen and oxygen atoms in total. The molecule has 0 spiro atoms. The molecular weight excluding hydrogens is 228 g/mol. The van der Waals surface area contributed by atoms with Crippen LogP contribution in [0.2, 0.25) is 0 Å². The van der Waals surface area contributed by atoms with Crippen LogP contribution in [-0.4, -0.2) is 19.7 Å². The van der Waals surface area contributed by atoms with Crippen molar-refractivity contribution in [3.8, 4) is 5.75 Å². The van der Waals surface area contributed by atoms with Crippen LogP contribution in [-0.2, 0) is 14.9 Å². The number of benzene rings is 1. The minimum Gasteiger partial charge on any atom is -0.496 e. The molecule has 0 saturated heterocycles. The Morgan fingerprint density at radius 3 is 2.33 bits per heavy atom. The lowest BCUT2D eigenvalue weighted by atomic mass is 9.81. The number of esters is 1. The number of carbonyl (C=O) groups is 1. The maximum atomic E-state index is 12.0. The fourth-order valence-electron chi connectivity index (χ4n) is 2.10. The number of rotatable bonds is 4. The summed E-state index contributed by atoms with van der Waals surface area (Å²) in [6.07, 6.45) is 0. The van der Waals surface area contributed by atoms with Gasteiger partial charge in [-0.2, -0.15) is 0 Å². The molecule has 0 amide bonds. The van der Waals surface area contributed by atoms with Crippen molar-refractivity contribution >= 4 is 5.97 Å². The summed E-state index contributed by atoms with van der Waals surface area (Å²) in [5, 5.41) is 0. The van der Waals surface area contributed by atoms with Crippen molar-refractivity contribution in [1.29, 1.82) is 0 Å². The van der Waals surface area contributed by atoms with E-state index in [0.29, 0.717) is 6.61 Å². The molecule has 0 aliphatic rings. The second kappa shape index (κ2) is 5.42. The van der Waals surface area contributed by atoms with Crippen LogP contribution in [0.25, 0.3) is 0 Å². The van der Waals surface area contributed by atoms with Crippen molar-refractivity contribution in [3.05, 3.63) is 28.8 Å². The Hall–Kier alpha value is -1.51. The van der Waals surface area contributed by atoms with Gasteiger partial charge in [-0.3, -0.25) is 4.79 Å². The van der Waals surface area contributed by atoms with Crippen molar-refractivity contribution in [3.63, 3.8) is 0 Å². The lowest BCUT2D eigenvalue weighted by Gasteiger charge is -2.25. The Morgan fingerprint density at radius 2 is 1.83 bits per heavy atom. The van der Waals surface area contributed by atoms with Gasteiger partial charge in [0, 0.05) is 0 Å². The fraction of sp³-hybridized carbons (Fsp3) is 0.533. The smallest absolute Gasteiger partial charge is 0.315 e. The van der Waals surface area contributed by atoms with Gasteiger partial charge in [-0.05, 0) is 57.4 Å². The van der Waals surface area contributed by atoms with E-state index in [0.717, 1.165) is 22.4 Å². The highest BCUT2D eigenvalue weighted by molar-refractivity contribution is 5.83. The Kier molecular flexibility index (Phi) is 4.38. The summed E-state index contributed by atoms with van der Waals surface area (Å²) in [7, 11) is 1.65. The molecule has 1 aromatic carbocycles. The maximum Gasteiger partial charge on any atom is 0.315 e. The average molecular weight is 250 g/mol. The third-order valence-corrected chi connectivity index (χ3v) is 3.20. The van der Waals surface area contributed by atoms with Gasteiger partial charge in [0.05, 0.1) is 19.1 Å². The molecule has 3 heteroatoms. The van der Waals surface area contributed by atoms with Gasteiger partial charge in [-0.1, -0.05) is 6.07 Å². The highest BCUT2D eigenvalue weighted by Crippen LogP contribution is 2.32. The number of aryl methyl sites for hydroxylation is 2. The Balaban J connectivity index is 3.24. The minimum atomic E-state index is -0.642. The molecule has 0 fully saturated rings. The molecule has 0 aliphatic heterocycles. The quantitative estimate of drug-likeness (QED) is 0.770. The minimum absolute atomic E-state index is 0.197. The van der Waals surface area contributed by atoms with Crippen molar-refractivity contribution in [2.45, 2.75) is 40.0 Å². The molecule has 0 saturated carbocycles. The summed E-state index contributed by atoms with van der Waals surface area (Å²) in [6.45, 7) is 9.95. The van der Waals surface area contributed by atoms with Crippen molar-refractivity contribution < 1.29 is 14.3 Å². The first kappa shape index (κ1) is 14.6. The summed E-state index contributed by atoms with van der Waals surface area (Å²) >= 11 is 0. The highest BCUT2D eigenvalue weighted by Gasteiger charge is 2.33. The van der Waals surface area contributed by atoms with Gasteiger partial charge < -0.3 is 9.47 Å². The molecule has 1 aromatic rings. The van der Waals surface area contributed by atoms with Crippen LogP contribution in [0, 0.1) is 13.8 Å². The third-order valence-electron chi connectivity index (χ3n) is 3.20. The van der Waals surface area contributed by atoms with E-state index in [9.17, 15) is 4.79 Å². The normalized spacial score (nSPS) is 11.2. The van der Waals surface area contributed by atoms with E-state index < -0.39 is 5.41 Å². The zero-order valence-electron chi connectivity index (χ0n) is 12.1. The molecule has 1 rings (SSSR count). The van der Waals surface area contributed by atoms with Crippen LogP contribution < -0.4 is 4.74 Å². The van der Waals surface area contributed by atoms with Crippen LogP contribution in [0.4, 0.5) is 0 Å². The van der Waals surface area contributed by atoms with E-state index in [1.807, 2.05) is 46.8 Å².